The maximum absolute atomic E-state index is 6.16. The van der Waals surface area contributed by atoms with Gasteiger partial charge in [-0.05, 0) is 24.3 Å². The van der Waals surface area contributed by atoms with Crippen molar-refractivity contribution in [2.75, 3.05) is 5.32 Å². The predicted molar refractivity (Wildman–Crippen MR) is 84.5 cm³/mol. The quantitative estimate of drug-likeness (QED) is 0.772. The molecule has 0 spiro atoms. The van der Waals surface area contributed by atoms with Crippen molar-refractivity contribution >= 4 is 39.9 Å². The fourth-order valence-corrected chi connectivity index (χ4v) is 2.54. The molecule has 5 heteroatoms. The van der Waals surface area contributed by atoms with E-state index < -0.39 is 0 Å². The third-order valence-corrected chi connectivity index (χ3v) is 4.09. The molecule has 0 saturated carbocycles. The van der Waals surface area contributed by atoms with Crippen LogP contribution in [0.4, 0.5) is 5.69 Å². The zero-order valence-corrected chi connectivity index (χ0v) is 12.4. The van der Waals surface area contributed by atoms with Gasteiger partial charge in [0, 0.05) is 7.05 Å². The summed E-state index contributed by atoms with van der Waals surface area (Å²) in [4.78, 5) is 4.60. The fraction of sp³-hybridized carbons (Fsp3) is 0.133. The van der Waals surface area contributed by atoms with E-state index in [1.54, 1.807) is 6.07 Å². The third-order valence-electron chi connectivity index (χ3n) is 3.27. The van der Waals surface area contributed by atoms with Gasteiger partial charge in [0.2, 0.25) is 0 Å². The minimum Gasteiger partial charge on any atom is -0.377 e. The first-order valence-corrected chi connectivity index (χ1v) is 7.00. The van der Waals surface area contributed by atoms with Crippen molar-refractivity contribution in [3.63, 3.8) is 0 Å². The van der Waals surface area contributed by atoms with Crippen molar-refractivity contribution in [2.45, 2.75) is 6.54 Å². The Bertz CT molecular complexity index is 765. The lowest BCUT2D eigenvalue weighted by Crippen LogP contribution is -2.06. The van der Waals surface area contributed by atoms with Crippen LogP contribution in [-0.2, 0) is 13.6 Å². The molecule has 102 valence electrons. The summed E-state index contributed by atoms with van der Waals surface area (Å²) in [7, 11) is 2.01. The molecule has 0 radical (unpaired) electrons. The van der Waals surface area contributed by atoms with Crippen molar-refractivity contribution in [3.05, 3.63) is 58.3 Å². The zero-order chi connectivity index (χ0) is 14.1. The van der Waals surface area contributed by atoms with E-state index in [1.165, 1.54) is 0 Å². The average molecular weight is 306 g/mol. The van der Waals surface area contributed by atoms with E-state index in [1.807, 2.05) is 37.4 Å². The number of aryl methyl sites for hydroxylation is 1. The van der Waals surface area contributed by atoms with Gasteiger partial charge < -0.3 is 9.88 Å². The van der Waals surface area contributed by atoms with Crippen LogP contribution in [-0.4, -0.2) is 9.55 Å². The fourth-order valence-electron chi connectivity index (χ4n) is 2.17. The highest BCUT2D eigenvalue weighted by molar-refractivity contribution is 6.43. The highest BCUT2D eigenvalue weighted by Crippen LogP contribution is 2.29. The first-order chi connectivity index (χ1) is 9.66. The number of anilines is 1. The van der Waals surface area contributed by atoms with E-state index in [-0.39, 0.29) is 0 Å². The minimum absolute atomic E-state index is 0.535. The number of nitrogens with zero attached hydrogens (tertiary/aromatic N) is 2. The predicted octanol–water partition coefficient (Wildman–Crippen LogP) is 4.49. The first-order valence-electron chi connectivity index (χ1n) is 6.25. The van der Waals surface area contributed by atoms with Crippen molar-refractivity contribution in [2.24, 2.45) is 7.05 Å². The Labute approximate surface area is 127 Å². The highest BCUT2D eigenvalue weighted by atomic mass is 35.5. The number of para-hydroxylation sites is 2. The molecule has 1 aromatic heterocycles. The van der Waals surface area contributed by atoms with Gasteiger partial charge in [0.15, 0.2) is 0 Å². The summed E-state index contributed by atoms with van der Waals surface area (Å²) < 4.78 is 2.07. The molecule has 1 heterocycles. The van der Waals surface area contributed by atoms with Crippen molar-refractivity contribution in [3.8, 4) is 0 Å². The molecule has 3 nitrogen and oxygen atoms in total. The molecule has 3 aromatic rings. The Kier molecular flexibility index (Phi) is 3.55. The number of halogens is 2. The number of hydrogen-bond donors (Lipinski definition) is 1. The molecule has 0 fully saturated rings. The van der Waals surface area contributed by atoms with Gasteiger partial charge in [0.1, 0.15) is 5.82 Å². The van der Waals surface area contributed by atoms with E-state index in [4.69, 9.17) is 23.2 Å². The molecule has 0 saturated heterocycles. The first kappa shape index (κ1) is 13.3. The number of imidazole rings is 1. The number of nitrogens with one attached hydrogen (secondary N) is 1. The summed E-state index contributed by atoms with van der Waals surface area (Å²) in [6.07, 6.45) is 0. The number of fused-ring (bicyclic) bond motifs is 1. The highest BCUT2D eigenvalue weighted by Gasteiger charge is 2.08. The lowest BCUT2D eigenvalue weighted by atomic mass is 10.3. The topological polar surface area (TPSA) is 29.9 Å². The van der Waals surface area contributed by atoms with Crippen LogP contribution in [0, 0.1) is 0 Å². The van der Waals surface area contributed by atoms with Crippen molar-refractivity contribution in [1.29, 1.82) is 0 Å². The third kappa shape index (κ3) is 2.35. The van der Waals surface area contributed by atoms with Crippen LogP contribution in [0.1, 0.15) is 5.82 Å². The van der Waals surface area contributed by atoms with Crippen LogP contribution >= 0.6 is 23.2 Å². The molecule has 0 unspecified atom stereocenters. The van der Waals surface area contributed by atoms with Gasteiger partial charge in [-0.25, -0.2) is 4.98 Å². The molecule has 0 atom stereocenters. The SMILES string of the molecule is Cn1c(CNc2cccc(Cl)c2Cl)nc2ccccc21. The normalized spacial score (nSPS) is 10.9. The Morgan fingerprint density at radius 2 is 1.90 bits per heavy atom. The van der Waals surface area contributed by atoms with Crippen LogP contribution in [0.15, 0.2) is 42.5 Å². The molecule has 0 aliphatic heterocycles. The van der Waals surface area contributed by atoms with Gasteiger partial charge in [0.25, 0.3) is 0 Å². The van der Waals surface area contributed by atoms with E-state index >= 15 is 0 Å². The Balaban J connectivity index is 1.87. The Hall–Kier alpha value is -1.71. The van der Waals surface area contributed by atoms with E-state index in [2.05, 4.69) is 20.9 Å². The smallest absolute Gasteiger partial charge is 0.128 e. The monoisotopic (exact) mass is 305 g/mol. The molecule has 3 rings (SSSR count). The second kappa shape index (κ2) is 5.35. The van der Waals surface area contributed by atoms with Gasteiger partial charge in [0.05, 0.1) is 33.3 Å². The van der Waals surface area contributed by atoms with Gasteiger partial charge >= 0.3 is 0 Å². The van der Waals surface area contributed by atoms with E-state index in [0.29, 0.717) is 16.6 Å². The molecule has 0 aliphatic rings. The maximum Gasteiger partial charge on any atom is 0.128 e. The lowest BCUT2D eigenvalue weighted by molar-refractivity contribution is 0.834. The number of benzene rings is 2. The molecule has 0 aliphatic carbocycles. The molecular weight excluding hydrogens is 293 g/mol. The van der Waals surface area contributed by atoms with Gasteiger partial charge in [-0.2, -0.15) is 0 Å². The van der Waals surface area contributed by atoms with E-state index in [0.717, 1.165) is 22.5 Å². The Morgan fingerprint density at radius 1 is 1.10 bits per heavy atom. The summed E-state index contributed by atoms with van der Waals surface area (Å²) in [6, 6.07) is 13.6. The lowest BCUT2D eigenvalue weighted by Gasteiger charge is -2.09. The minimum atomic E-state index is 0.535. The number of aromatic nitrogens is 2. The molecule has 0 amide bonds. The zero-order valence-electron chi connectivity index (χ0n) is 10.9. The number of hydrogen-bond acceptors (Lipinski definition) is 2. The molecule has 1 N–H and O–H groups in total. The molecular formula is C15H13Cl2N3. The summed E-state index contributed by atoms with van der Waals surface area (Å²) >= 11 is 12.2. The molecule has 0 bridgehead atoms. The van der Waals surface area contributed by atoms with Crippen LogP contribution in [0.5, 0.6) is 0 Å². The maximum atomic E-state index is 6.16. The second-order valence-corrected chi connectivity index (χ2v) is 5.32. The summed E-state index contributed by atoms with van der Waals surface area (Å²) in [5.41, 5.74) is 2.91. The van der Waals surface area contributed by atoms with Gasteiger partial charge in [-0.15, -0.1) is 0 Å². The summed E-state index contributed by atoms with van der Waals surface area (Å²) in [6.45, 7) is 0.589. The van der Waals surface area contributed by atoms with Gasteiger partial charge in [-0.3, -0.25) is 0 Å². The number of rotatable bonds is 3. The standard InChI is InChI=1S/C15H13Cl2N3/c1-20-13-8-3-2-6-11(13)19-14(20)9-18-12-7-4-5-10(16)15(12)17/h2-8,18H,9H2,1H3. The van der Waals surface area contributed by atoms with Crippen LogP contribution in [0.3, 0.4) is 0 Å². The summed E-state index contributed by atoms with van der Waals surface area (Å²) in [5.74, 6) is 0.947. The average Bonchev–Trinajstić information content (AvgIpc) is 2.78. The van der Waals surface area contributed by atoms with Crippen molar-refractivity contribution in [1.82, 2.24) is 9.55 Å². The van der Waals surface area contributed by atoms with Crippen LogP contribution < -0.4 is 5.32 Å². The molecule has 20 heavy (non-hydrogen) atoms. The second-order valence-electron chi connectivity index (χ2n) is 4.53. The summed E-state index contributed by atoms with van der Waals surface area (Å²) in [5, 5.41) is 4.35. The Morgan fingerprint density at radius 3 is 2.70 bits per heavy atom. The molecule has 2 aromatic carbocycles. The van der Waals surface area contributed by atoms with E-state index in [9.17, 15) is 0 Å². The van der Waals surface area contributed by atoms with Gasteiger partial charge in [-0.1, -0.05) is 41.4 Å². The van der Waals surface area contributed by atoms with Crippen LogP contribution in [0.2, 0.25) is 10.0 Å². The van der Waals surface area contributed by atoms with Crippen LogP contribution in [0.25, 0.3) is 11.0 Å². The van der Waals surface area contributed by atoms with Crippen molar-refractivity contribution < 1.29 is 0 Å². The largest absolute Gasteiger partial charge is 0.377 e.